The summed E-state index contributed by atoms with van der Waals surface area (Å²) < 4.78 is 0. The second-order valence-electron chi connectivity index (χ2n) is 5.16. The molecule has 0 aliphatic heterocycles. The second-order valence-corrected chi connectivity index (χ2v) is 5.16. The fourth-order valence-electron chi connectivity index (χ4n) is 2.77. The third-order valence-electron chi connectivity index (χ3n) is 3.97. The van der Waals surface area contributed by atoms with Gasteiger partial charge in [-0.05, 0) is 44.4 Å². The monoisotopic (exact) mass is 227 g/mol. The van der Waals surface area contributed by atoms with Gasteiger partial charge in [0.2, 0.25) is 0 Å². The van der Waals surface area contributed by atoms with Crippen LogP contribution in [0.15, 0.2) is 30.3 Å². The number of aromatic nitrogens is 1. The molecule has 1 atom stereocenters. The maximum Gasteiger partial charge on any atom is 0.0708 e. The van der Waals surface area contributed by atoms with Crippen molar-refractivity contribution in [2.75, 3.05) is 0 Å². The highest BCUT2D eigenvalue weighted by atomic mass is 16.3. The molecule has 0 bridgehead atoms. The van der Waals surface area contributed by atoms with Gasteiger partial charge < -0.3 is 5.11 Å². The molecule has 1 aliphatic rings. The maximum absolute atomic E-state index is 10.0. The molecule has 1 heterocycles. The van der Waals surface area contributed by atoms with E-state index in [0.29, 0.717) is 0 Å². The Morgan fingerprint density at radius 1 is 1.29 bits per heavy atom. The minimum atomic E-state index is -0.285. The van der Waals surface area contributed by atoms with E-state index in [1.165, 1.54) is 10.9 Å². The summed E-state index contributed by atoms with van der Waals surface area (Å²) in [6.07, 6.45) is 1.88. The van der Waals surface area contributed by atoms with Gasteiger partial charge in [-0.2, -0.15) is 0 Å². The van der Waals surface area contributed by atoms with E-state index in [1.54, 1.807) is 0 Å². The normalized spacial score (nSPS) is 19.2. The molecule has 0 radical (unpaired) electrons. The van der Waals surface area contributed by atoms with Crippen molar-refractivity contribution in [2.45, 2.75) is 38.2 Å². The van der Waals surface area contributed by atoms with Gasteiger partial charge in [0, 0.05) is 16.5 Å². The Kier molecular flexibility index (Phi) is 2.23. The van der Waals surface area contributed by atoms with Crippen molar-refractivity contribution in [3.8, 4) is 0 Å². The molecular formula is C15H17NO. The van der Waals surface area contributed by atoms with Gasteiger partial charge >= 0.3 is 0 Å². The Hall–Kier alpha value is -1.41. The second kappa shape index (κ2) is 3.54. The van der Waals surface area contributed by atoms with E-state index in [1.807, 2.05) is 32.0 Å². The highest BCUT2D eigenvalue weighted by molar-refractivity contribution is 5.84. The van der Waals surface area contributed by atoms with Gasteiger partial charge in [-0.1, -0.05) is 18.2 Å². The summed E-state index contributed by atoms with van der Waals surface area (Å²) in [5, 5.41) is 11.2. The number of aryl methyl sites for hydroxylation is 1. The number of hydrogen-bond donors (Lipinski definition) is 1. The molecule has 0 saturated heterocycles. The van der Waals surface area contributed by atoms with E-state index in [4.69, 9.17) is 0 Å². The van der Waals surface area contributed by atoms with Gasteiger partial charge in [0.15, 0.2) is 0 Å². The van der Waals surface area contributed by atoms with Crippen molar-refractivity contribution < 1.29 is 5.11 Å². The van der Waals surface area contributed by atoms with Crippen molar-refractivity contribution in [3.63, 3.8) is 0 Å². The minimum Gasteiger partial charge on any atom is -0.392 e. The third kappa shape index (κ3) is 1.55. The molecule has 1 aromatic heterocycles. The van der Waals surface area contributed by atoms with Crippen molar-refractivity contribution in [1.82, 2.24) is 4.98 Å². The fraction of sp³-hybridized carbons (Fsp3) is 0.400. The Balaban J connectivity index is 2.29. The first-order valence-electron chi connectivity index (χ1n) is 6.18. The first-order chi connectivity index (χ1) is 8.13. The molecule has 2 nitrogen and oxygen atoms in total. The van der Waals surface area contributed by atoms with Crippen LogP contribution in [-0.4, -0.2) is 16.2 Å². The highest BCUT2D eigenvalue weighted by Gasteiger charge is 2.49. The number of aliphatic hydroxyl groups excluding tert-OH is 1. The molecule has 1 unspecified atom stereocenters. The number of hydrogen-bond acceptors (Lipinski definition) is 2. The molecule has 88 valence electrons. The van der Waals surface area contributed by atoms with Gasteiger partial charge in [-0.25, -0.2) is 0 Å². The summed E-state index contributed by atoms with van der Waals surface area (Å²) in [5.41, 5.74) is 3.32. The zero-order valence-corrected chi connectivity index (χ0v) is 10.3. The number of rotatable bonds is 2. The van der Waals surface area contributed by atoms with Gasteiger partial charge in [-0.15, -0.1) is 0 Å². The number of aliphatic hydroxyl groups is 1. The molecule has 1 fully saturated rings. The Morgan fingerprint density at radius 2 is 2.00 bits per heavy atom. The molecule has 1 N–H and O–H groups in total. The SMILES string of the molecule is Cc1cc(C2(C(C)O)CC2)c2ccccc2n1. The number of para-hydroxylation sites is 1. The van der Waals surface area contributed by atoms with E-state index in [2.05, 4.69) is 17.1 Å². The van der Waals surface area contributed by atoms with Crippen LogP contribution in [-0.2, 0) is 5.41 Å². The molecule has 1 saturated carbocycles. The van der Waals surface area contributed by atoms with Crippen LogP contribution in [0.25, 0.3) is 10.9 Å². The van der Waals surface area contributed by atoms with Gasteiger partial charge in [-0.3, -0.25) is 4.98 Å². The summed E-state index contributed by atoms with van der Waals surface area (Å²) in [6, 6.07) is 10.4. The van der Waals surface area contributed by atoms with E-state index in [-0.39, 0.29) is 11.5 Å². The lowest BCUT2D eigenvalue weighted by atomic mass is 9.88. The first-order valence-corrected chi connectivity index (χ1v) is 6.18. The Morgan fingerprint density at radius 3 is 2.65 bits per heavy atom. The predicted octanol–water partition coefficient (Wildman–Crippen LogP) is 2.96. The molecular weight excluding hydrogens is 210 g/mol. The van der Waals surface area contributed by atoms with Gasteiger partial charge in [0.05, 0.1) is 11.6 Å². The van der Waals surface area contributed by atoms with Gasteiger partial charge in [0.1, 0.15) is 0 Å². The topological polar surface area (TPSA) is 33.1 Å². The lowest BCUT2D eigenvalue weighted by Gasteiger charge is -2.21. The summed E-state index contributed by atoms with van der Waals surface area (Å²) in [5.74, 6) is 0. The Bertz CT molecular complexity index is 570. The third-order valence-corrected chi connectivity index (χ3v) is 3.97. The van der Waals surface area contributed by atoms with Crippen LogP contribution in [0.4, 0.5) is 0 Å². The number of nitrogens with zero attached hydrogens (tertiary/aromatic N) is 1. The van der Waals surface area contributed by atoms with Crippen LogP contribution < -0.4 is 0 Å². The van der Waals surface area contributed by atoms with Crippen LogP contribution in [0.5, 0.6) is 0 Å². The lowest BCUT2D eigenvalue weighted by Crippen LogP contribution is -2.23. The molecule has 0 amide bonds. The van der Waals surface area contributed by atoms with Gasteiger partial charge in [0.25, 0.3) is 0 Å². The maximum atomic E-state index is 10.0. The largest absolute Gasteiger partial charge is 0.392 e. The van der Waals surface area contributed by atoms with Crippen molar-refractivity contribution >= 4 is 10.9 Å². The van der Waals surface area contributed by atoms with Crippen molar-refractivity contribution in [1.29, 1.82) is 0 Å². The molecule has 3 rings (SSSR count). The number of fused-ring (bicyclic) bond motifs is 1. The number of pyridine rings is 1. The molecule has 1 aromatic carbocycles. The summed E-state index contributed by atoms with van der Waals surface area (Å²) >= 11 is 0. The molecule has 1 aliphatic carbocycles. The average molecular weight is 227 g/mol. The molecule has 2 aromatic rings. The highest BCUT2D eigenvalue weighted by Crippen LogP contribution is 2.52. The van der Waals surface area contributed by atoms with Crippen LogP contribution in [0, 0.1) is 6.92 Å². The fourth-order valence-corrected chi connectivity index (χ4v) is 2.77. The lowest BCUT2D eigenvalue weighted by molar-refractivity contribution is 0.151. The average Bonchev–Trinajstić information content (AvgIpc) is 3.09. The zero-order chi connectivity index (χ0) is 12.0. The quantitative estimate of drug-likeness (QED) is 0.855. The van der Waals surface area contributed by atoms with E-state index >= 15 is 0 Å². The zero-order valence-electron chi connectivity index (χ0n) is 10.3. The van der Waals surface area contributed by atoms with Crippen LogP contribution in [0.2, 0.25) is 0 Å². The van der Waals surface area contributed by atoms with Crippen molar-refractivity contribution in [2.24, 2.45) is 0 Å². The summed E-state index contributed by atoms with van der Waals surface area (Å²) in [7, 11) is 0. The smallest absolute Gasteiger partial charge is 0.0708 e. The molecule has 17 heavy (non-hydrogen) atoms. The predicted molar refractivity (Wildman–Crippen MR) is 69.1 cm³/mol. The van der Waals surface area contributed by atoms with E-state index in [0.717, 1.165) is 24.1 Å². The first kappa shape index (κ1) is 10.7. The Labute approximate surface area is 101 Å². The number of benzene rings is 1. The molecule has 2 heteroatoms. The van der Waals surface area contributed by atoms with Crippen molar-refractivity contribution in [3.05, 3.63) is 41.6 Å². The summed E-state index contributed by atoms with van der Waals surface area (Å²) in [4.78, 5) is 4.56. The molecule has 0 spiro atoms. The van der Waals surface area contributed by atoms with Crippen LogP contribution in [0.3, 0.4) is 0 Å². The van der Waals surface area contributed by atoms with Crippen LogP contribution >= 0.6 is 0 Å². The van der Waals surface area contributed by atoms with E-state index in [9.17, 15) is 5.11 Å². The van der Waals surface area contributed by atoms with E-state index < -0.39 is 0 Å². The summed E-state index contributed by atoms with van der Waals surface area (Å²) in [6.45, 7) is 3.92. The standard InChI is InChI=1S/C15H17NO/c1-10-9-13(15(7-8-15)11(2)17)12-5-3-4-6-14(12)16-10/h3-6,9,11,17H,7-8H2,1-2H3. The van der Waals surface area contributed by atoms with Crippen LogP contribution in [0.1, 0.15) is 31.0 Å². The minimum absolute atomic E-state index is 0.0205.